The maximum absolute atomic E-state index is 10.8. The zero-order chi connectivity index (χ0) is 16.6. The monoisotopic (exact) mass is 343 g/mol. The Labute approximate surface area is 148 Å². The van der Waals surface area contributed by atoms with Gasteiger partial charge in [-0.2, -0.15) is 0 Å². The lowest BCUT2D eigenvalue weighted by atomic mass is 9.95. The second-order valence-corrected chi connectivity index (χ2v) is 8.43. The number of thioether (sulfide) groups is 1. The minimum absolute atomic E-state index is 0.359. The molecule has 1 spiro atoms. The highest BCUT2D eigenvalue weighted by molar-refractivity contribution is 8.14. The average molecular weight is 343 g/mol. The molecule has 4 rings (SSSR count). The fourth-order valence-electron chi connectivity index (χ4n) is 4.67. The first kappa shape index (κ1) is 16.1. The van der Waals surface area contributed by atoms with E-state index in [0.717, 1.165) is 11.3 Å². The van der Waals surface area contributed by atoms with Gasteiger partial charge in [0.25, 0.3) is 0 Å². The predicted molar refractivity (Wildman–Crippen MR) is 101 cm³/mol. The van der Waals surface area contributed by atoms with Crippen LogP contribution in [0.3, 0.4) is 0 Å². The molecule has 0 amide bonds. The fraction of sp³-hybridized carbons (Fsp3) is 0.632. The number of hydrogen-bond acceptors (Lipinski definition) is 4. The molecule has 3 aliphatic rings. The molecule has 0 N–H and O–H groups in total. The number of nitrogens with zero attached hydrogens (tertiary/aromatic N) is 3. The van der Waals surface area contributed by atoms with E-state index in [9.17, 15) is 4.91 Å². The highest BCUT2D eigenvalue weighted by Gasteiger charge is 2.49. The molecule has 2 saturated carbocycles. The summed E-state index contributed by atoms with van der Waals surface area (Å²) in [5.74, 6) is 1.19. The molecule has 1 heterocycles. The van der Waals surface area contributed by atoms with E-state index in [-0.39, 0.29) is 0 Å². The van der Waals surface area contributed by atoms with E-state index in [2.05, 4.69) is 10.1 Å². The van der Waals surface area contributed by atoms with E-state index in [1.54, 1.807) is 6.07 Å². The number of nitroso groups, excluding NO2 is 1. The van der Waals surface area contributed by atoms with Gasteiger partial charge >= 0.3 is 0 Å². The third-order valence-corrected chi connectivity index (χ3v) is 7.14. The lowest BCUT2D eigenvalue weighted by Gasteiger charge is -2.40. The van der Waals surface area contributed by atoms with Crippen LogP contribution in [0.1, 0.15) is 56.9 Å². The third-order valence-electron chi connectivity index (χ3n) is 5.91. The smallest absolute Gasteiger partial charge is 0.165 e. The number of hydrogen-bond donors (Lipinski definition) is 0. The summed E-state index contributed by atoms with van der Waals surface area (Å²) >= 11 is 1.93. The Kier molecular flexibility index (Phi) is 4.37. The van der Waals surface area contributed by atoms with Crippen LogP contribution in [-0.2, 0) is 0 Å². The van der Waals surface area contributed by atoms with Crippen LogP contribution in [0.2, 0.25) is 0 Å². The van der Waals surface area contributed by atoms with Crippen molar-refractivity contribution in [2.75, 3.05) is 5.75 Å². The molecular formula is C19H25N3OS. The maximum Gasteiger partial charge on any atom is 0.165 e. The van der Waals surface area contributed by atoms with E-state index in [0.29, 0.717) is 17.3 Å². The van der Waals surface area contributed by atoms with Crippen molar-refractivity contribution in [1.29, 1.82) is 0 Å². The molecule has 1 aromatic carbocycles. The highest BCUT2D eigenvalue weighted by atomic mass is 32.2. The zero-order valence-electron chi connectivity index (χ0n) is 14.3. The Hall–Kier alpha value is -1.36. The minimum atomic E-state index is 0.359. The van der Waals surface area contributed by atoms with Crippen molar-refractivity contribution in [3.63, 3.8) is 0 Å². The number of aliphatic imine (C=N–C) groups is 1. The molecule has 1 aromatic rings. The Balaban J connectivity index is 1.67. The quantitative estimate of drug-likeness (QED) is 0.663. The van der Waals surface area contributed by atoms with Crippen molar-refractivity contribution >= 4 is 28.3 Å². The van der Waals surface area contributed by atoms with Gasteiger partial charge in [-0.25, -0.2) is 4.99 Å². The zero-order valence-corrected chi connectivity index (χ0v) is 15.1. The molecule has 128 valence electrons. The molecule has 1 aliphatic heterocycles. The van der Waals surface area contributed by atoms with Crippen LogP contribution >= 0.6 is 11.8 Å². The number of aryl methyl sites for hydroxylation is 1. The third kappa shape index (κ3) is 2.77. The van der Waals surface area contributed by atoms with Crippen molar-refractivity contribution in [2.45, 2.75) is 69.9 Å². The largest absolute Gasteiger partial charge is 0.342 e. The molecular weight excluding hydrogens is 318 g/mol. The maximum atomic E-state index is 10.8. The molecule has 0 atom stereocenters. The van der Waals surface area contributed by atoms with Crippen LogP contribution in [0, 0.1) is 11.8 Å². The van der Waals surface area contributed by atoms with Crippen LogP contribution in [0.15, 0.2) is 28.4 Å². The fourth-order valence-corrected chi connectivity index (χ4v) is 6.15. The Morgan fingerprint density at radius 1 is 1.17 bits per heavy atom. The van der Waals surface area contributed by atoms with Crippen LogP contribution in [0.25, 0.3) is 0 Å². The van der Waals surface area contributed by atoms with Crippen molar-refractivity contribution in [1.82, 2.24) is 4.90 Å². The molecule has 0 radical (unpaired) electrons. The van der Waals surface area contributed by atoms with Crippen LogP contribution in [-0.4, -0.2) is 27.4 Å². The van der Waals surface area contributed by atoms with Gasteiger partial charge in [0.15, 0.2) is 5.17 Å². The van der Waals surface area contributed by atoms with Gasteiger partial charge in [-0.1, -0.05) is 37.4 Å². The van der Waals surface area contributed by atoms with Gasteiger partial charge < -0.3 is 4.90 Å². The van der Waals surface area contributed by atoms with Gasteiger partial charge in [0, 0.05) is 11.8 Å². The molecule has 1 saturated heterocycles. The van der Waals surface area contributed by atoms with Gasteiger partial charge in [0.05, 0.1) is 11.2 Å². The van der Waals surface area contributed by atoms with Crippen LogP contribution < -0.4 is 0 Å². The van der Waals surface area contributed by atoms with E-state index in [4.69, 9.17) is 4.99 Å². The molecule has 0 aromatic heterocycles. The van der Waals surface area contributed by atoms with Crippen molar-refractivity contribution in [3.8, 4) is 0 Å². The summed E-state index contributed by atoms with van der Waals surface area (Å²) < 4.78 is 0. The summed E-state index contributed by atoms with van der Waals surface area (Å²) in [7, 11) is 0. The summed E-state index contributed by atoms with van der Waals surface area (Å²) in [5.41, 5.74) is 2.72. The molecule has 4 nitrogen and oxygen atoms in total. The molecule has 0 bridgehead atoms. The van der Waals surface area contributed by atoms with E-state index in [1.165, 1.54) is 62.3 Å². The first-order chi connectivity index (χ1) is 11.7. The van der Waals surface area contributed by atoms with Crippen molar-refractivity contribution < 1.29 is 0 Å². The summed E-state index contributed by atoms with van der Waals surface area (Å²) in [4.78, 5) is 18.5. The van der Waals surface area contributed by atoms with E-state index >= 15 is 0 Å². The highest BCUT2D eigenvalue weighted by Crippen LogP contribution is 2.48. The van der Waals surface area contributed by atoms with E-state index in [1.807, 2.05) is 30.8 Å². The van der Waals surface area contributed by atoms with Gasteiger partial charge in [0.2, 0.25) is 0 Å². The number of amidine groups is 1. The SMILES string of the molecule is Cc1cc(N=C2SCC3(CCCC3)N2C2CCCC2)ccc1N=O. The Morgan fingerprint density at radius 3 is 2.58 bits per heavy atom. The number of benzene rings is 1. The Morgan fingerprint density at radius 2 is 1.92 bits per heavy atom. The Bertz CT molecular complexity index is 661. The first-order valence-electron chi connectivity index (χ1n) is 9.17. The topological polar surface area (TPSA) is 45.0 Å². The minimum Gasteiger partial charge on any atom is -0.342 e. The van der Waals surface area contributed by atoms with Crippen LogP contribution in [0.4, 0.5) is 11.4 Å². The lowest BCUT2D eigenvalue weighted by Crippen LogP contribution is -2.50. The van der Waals surface area contributed by atoms with Gasteiger partial charge in [-0.05, 0) is 61.5 Å². The molecule has 0 unspecified atom stereocenters. The van der Waals surface area contributed by atoms with Gasteiger partial charge in [0.1, 0.15) is 5.69 Å². The molecule has 2 aliphatic carbocycles. The van der Waals surface area contributed by atoms with Crippen LogP contribution in [0.5, 0.6) is 0 Å². The van der Waals surface area contributed by atoms with Gasteiger partial charge in [-0.15, -0.1) is 4.91 Å². The standard InChI is InChI=1S/C19H25N3OS/c1-14-12-15(8-9-17(14)21-23)20-18-22(16-6-2-3-7-16)19(13-24-18)10-4-5-11-19/h8-9,12,16H,2-7,10-11,13H2,1H3. The lowest BCUT2D eigenvalue weighted by molar-refractivity contribution is 0.163. The summed E-state index contributed by atoms with van der Waals surface area (Å²) in [6.45, 7) is 1.93. The number of rotatable bonds is 3. The second kappa shape index (κ2) is 6.51. The van der Waals surface area contributed by atoms with E-state index < -0.39 is 0 Å². The summed E-state index contributed by atoms with van der Waals surface area (Å²) in [6, 6.07) is 6.36. The van der Waals surface area contributed by atoms with Crippen molar-refractivity contribution in [3.05, 3.63) is 28.7 Å². The summed E-state index contributed by atoms with van der Waals surface area (Å²) in [6.07, 6.45) is 10.7. The first-order valence-corrected chi connectivity index (χ1v) is 10.2. The summed E-state index contributed by atoms with van der Waals surface area (Å²) in [5, 5.41) is 4.27. The molecule has 5 heteroatoms. The van der Waals surface area contributed by atoms with Gasteiger partial charge in [-0.3, -0.25) is 0 Å². The molecule has 24 heavy (non-hydrogen) atoms. The second-order valence-electron chi connectivity index (χ2n) is 7.48. The predicted octanol–water partition coefficient (Wildman–Crippen LogP) is 5.68. The average Bonchev–Trinajstić information content (AvgIpc) is 3.31. The van der Waals surface area contributed by atoms with Crippen molar-refractivity contribution in [2.24, 2.45) is 10.2 Å². The normalized spacial score (nSPS) is 25.2. The molecule has 3 fully saturated rings.